The predicted octanol–water partition coefficient (Wildman–Crippen LogP) is 4.96. The van der Waals surface area contributed by atoms with Gasteiger partial charge in [-0.2, -0.15) is 0 Å². The number of sulfonamides is 1. The number of ether oxygens (including phenoxy) is 1. The van der Waals surface area contributed by atoms with Crippen molar-refractivity contribution in [3.8, 4) is 5.75 Å². The molecule has 0 unspecified atom stereocenters. The first-order valence-corrected chi connectivity index (χ1v) is 16.1. The smallest absolute Gasteiger partial charge is 0.243 e. The van der Waals surface area contributed by atoms with E-state index in [1.807, 2.05) is 75.4 Å². The zero-order valence-electron chi connectivity index (χ0n) is 25.2. The molecule has 0 aliphatic heterocycles. The van der Waals surface area contributed by atoms with Gasteiger partial charge in [0, 0.05) is 38.5 Å². The summed E-state index contributed by atoms with van der Waals surface area (Å²) in [5, 5.41) is 3.03. The fourth-order valence-corrected chi connectivity index (χ4v) is 5.67. The lowest BCUT2D eigenvalue weighted by Gasteiger charge is -2.32. The lowest BCUT2D eigenvalue weighted by molar-refractivity contribution is -0.141. The van der Waals surface area contributed by atoms with Crippen LogP contribution in [0.15, 0.2) is 78.9 Å². The van der Waals surface area contributed by atoms with Crippen molar-refractivity contribution in [3.05, 3.63) is 95.6 Å². The average Bonchev–Trinajstić information content (AvgIpc) is 2.96. The molecule has 1 atom stereocenters. The van der Waals surface area contributed by atoms with E-state index in [-0.39, 0.29) is 43.7 Å². The number of amides is 2. The van der Waals surface area contributed by atoms with Gasteiger partial charge < -0.3 is 15.0 Å². The van der Waals surface area contributed by atoms with Crippen LogP contribution in [0.25, 0.3) is 0 Å². The second-order valence-corrected chi connectivity index (χ2v) is 12.8. The molecule has 8 nitrogen and oxygen atoms in total. The maximum absolute atomic E-state index is 14.0. The van der Waals surface area contributed by atoms with Crippen LogP contribution in [0.2, 0.25) is 0 Å². The molecule has 3 aromatic rings. The molecule has 0 saturated heterocycles. The summed E-state index contributed by atoms with van der Waals surface area (Å²) >= 11 is 0. The third kappa shape index (κ3) is 9.62. The zero-order valence-corrected chi connectivity index (χ0v) is 26.1. The third-order valence-electron chi connectivity index (χ3n) is 7.05. The first kappa shape index (κ1) is 32.7. The number of carbonyl (C=O) groups is 2. The first-order chi connectivity index (χ1) is 20.0. The van der Waals surface area contributed by atoms with Gasteiger partial charge >= 0.3 is 0 Å². The fraction of sp³-hybridized carbons (Fsp3) is 0.394. The number of nitrogens with one attached hydrogen (secondary N) is 1. The zero-order chi connectivity index (χ0) is 30.7. The van der Waals surface area contributed by atoms with Gasteiger partial charge in [-0.25, -0.2) is 8.42 Å². The Balaban J connectivity index is 1.89. The van der Waals surface area contributed by atoms with Gasteiger partial charge in [0.1, 0.15) is 11.8 Å². The van der Waals surface area contributed by atoms with E-state index in [9.17, 15) is 18.0 Å². The minimum Gasteiger partial charge on any atom is -0.497 e. The van der Waals surface area contributed by atoms with Gasteiger partial charge in [-0.05, 0) is 48.1 Å². The molecule has 42 heavy (non-hydrogen) atoms. The molecule has 3 aromatic carbocycles. The molecule has 2 amide bonds. The second kappa shape index (κ2) is 15.4. The highest BCUT2D eigenvalue weighted by atomic mass is 32.2. The lowest BCUT2D eigenvalue weighted by atomic mass is 10.0. The van der Waals surface area contributed by atoms with Gasteiger partial charge in [-0.1, -0.05) is 74.5 Å². The monoisotopic (exact) mass is 593 g/mol. The van der Waals surface area contributed by atoms with Crippen molar-refractivity contribution in [2.45, 2.75) is 52.6 Å². The molecule has 0 saturated carbocycles. The summed E-state index contributed by atoms with van der Waals surface area (Å²) in [5.74, 6) is 0.379. The van der Waals surface area contributed by atoms with Gasteiger partial charge in [-0.3, -0.25) is 13.9 Å². The number of anilines is 1. The molecule has 0 aliphatic rings. The highest BCUT2D eigenvalue weighted by molar-refractivity contribution is 7.92. The minimum atomic E-state index is -3.61. The molecule has 0 spiro atoms. The van der Waals surface area contributed by atoms with E-state index >= 15 is 0 Å². The van der Waals surface area contributed by atoms with Crippen LogP contribution in [0.1, 0.15) is 43.4 Å². The number of rotatable bonds is 15. The second-order valence-electron chi connectivity index (χ2n) is 10.9. The quantitative estimate of drug-likeness (QED) is 0.269. The molecule has 3 rings (SSSR count). The highest BCUT2D eigenvalue weighted by Gasteiger charge is 2.31. The molecule has 0 bridgehead atoms. The number of aryl methyl sites for hydroxylation is 1. The van der Waals surface area contributed by atoms with E-state index in [0.717, 1.165) is 22.9 Å². The van der Waals surface area contributed by atoms with Gasteiger partial charge in [-0.15, -0.1) is 0 Å². The van der Waals surface area contributed by atoms with Crippen LogP contribution in [-0.4, -0.2) is 57.6 Å². The third-order valence-corrected chi connectivity index (χ3v) is 8.25. The highest BCUT2D eigenvalue weighted by Crippen LogP contribution is 2.24. The molecule has 1 N–H and O–H groups in total. The van der Waals surface area contributed by atoms with E-state index < -0.39 is 16.1 Å². The number of methoxy groups -OCH3 is 1. The Kier molecular flexibility index (Phi) is 12.0. The lowest BCUT2D eigenvalue weighted by Crippen LogP contribution is -2.51. The van der Waals surface area contributed by atoms with Crippen molar-refractivity contribution in [2.24, 2.45) is 5.92 Å². The minimum absolute atomic E-state index is 0.0740. The van der Waals surface area contributed by atoms with E-state index in [1.54, 1.807) is 29.2 Å². The van der Waals surface area contributed by atoms with Crippen LogP contribution in [0.5, 0.6) is 5.75 Å². The van der Waals surface area contributed by atoms with Crippen LogP contribution >= 0.6 is 0 Å². The normalized spacial score (nSPS) is 12.0. The first-order valence-electron chi connectivity index (χ1n) is 14.3. The Hall–Kier alpha value is -3.85. The SMILES string of the molecule is COc1cccc(N(CCCC(=O)N(Cc2ccccc2C)[C@H](Cc2ccccc2)C(=O)NCC(C)C)S(C)(=O)=O)c1. The Morgan fingerprint density at radius 2 is 1.64 bits per heavy atom. The average molecular weight is 594 g/mol. The van der Waals surface area contributed by atoms with Crippen molar-refractivity contribution in [1.82, 2.24) is 10.2 Å². The summed E-state index contributed by atoms with van der Waals surface area (Å²) in [7, 11) is -2.09. The van der Waals surface area contributed by atoms with Gasteiger partial charge in [0.15, 0.2) is 0 Å². The molecular weight excluding hydrogens is 550 g/mol. The van der Waals surface area contributed by atoms with E-state index in [1.165, 1.54) is 11.4 Å². The van der Waals surface area contributed by atoms with Crippen LogP contribution in [-0.2, 0) is 32.6 Å². The number of carbonyl (C=O) groups excluding carboxylic acids is 2. The van der Waals surface area contributed by atoms with Gasteiger partial charge in [0.2, 0.25) is 21.8 Å². The van der Waals surface area contributed by atoms with Crippen molar-refractivity contribution < 1.29 is 22.7 Å². The fourth-order valence-electron chi connectivity index (χ4n) is 4.72. The van der Waals surface area contributed by atoms with Gasteiger partial charge in [0.05, 0.1) is 19.1 Å². The Bertz CT molecular complexity index is 1430. The summed E-state index contributed by atoms with van der Waals surface area (Å²) in [5.41, 5.74) is 3.40. The van der Waals surface area contributed by atoms with Crippen LogP contribution in [0.3, 0.4) is 0 Å². The van der Waals surface area contributed by atoms with E-state index in [4.69, 9.17) is 4.74 Å². The molecule has 0 heterocycles. The molecule has 0 fully saturated rings. The summed E-state index contributed by atoms with van der Waals surface area (Å²) in [6.07, 6.45) is 1.86. The largest absolute Gasteiger partial charge is 0.497 e. The number of benzene rings is 3. The standard InChI is InChI=1S/C33H43N3O5S/c1-25(2)23-34-33(38)31(21-27-14-7-6-8-15-27)35(24-28-16-10-9-13-26(28)3)32(37)19-12-20-36(42(5,39)40)29-17-11-18-30(22-29)41-4/h6-11,13-18,22,25,31H,12,19-21,23-24H2,1-5H3,(H,34,38)/t31-/m1/s1. The molecular formula is C33H43N3O5S. The summed E-state index contributed by atoms with van der Waals surface area (Å²) < 4.78 is 31.9. The summed E-state index contributed by atoms with van der Waals surface area (Å²) in [6.45, 7) is 6.92. The maximum atomic E-state index is 14.0. The van der Waals surface area contributed by atoms with E-state index in [2.05, 4.69) is 5.32 Å². The Morgan fingerprint density at radius 3 is 2.29 bits per heavy atom. The molecule has 0 aliphatic carbocycles. The topological polar surface area (TPSA) is 96.0 Å². The van der Waals surface area contributed by atoms with Crippen molar-refractivity contribution >= 4 is 27.5 Å². The van der Waals surface area contributed by atoms with Crippen molar-refractivity contribution in [3.63, 3.8) is 0 Å². The maximum Gasteiger partial charge on any atom is 0.243 e. The molecule has 0 aromatic heterocycles. The van der Waals surface area contributed by atoms with Crippen LogP contribution in [0.4, 0.5) is 5.69 Å². The molecule has 9 heteroatoms. The Labute approximate surface area is 250 Å². The number of hydrogen-bond acceptors (Lipinski definition) is 5. The summed E-state index contributed by atoms with van der Waals surface area (Å²) in [6, 6.07) is 23.6. The number of nitrogens with zero attached hydrogens (tertiary/aromatic N) is 2. The summed E-state index contributed by atoms with van der Waals surface area (Å²) in [4.78, 5) is 29.2. The Morgan fingerprint density at radius 1 is 0.952 bits per heavy atom. The molecule has 226 valence electrons. The molecule has 0 radical (unpaired) electrons. The van der Waals surface area contributed by atoms with Gasteiger partial charge in [0.25, 0.3) is 0 Å². The van der Waals surface area contributed by atoms with E-state index in [0.29, 0.717) is 24.4 Å². The van der Waals surface area contributed by atoms with Crippen LogP contribution in [0, 0.1) is 12.8 Å². The predicted molar refractivity (Wildman–Crippen MR) is 168 cm³/mol. The van der Waals surface area contributed by atoms with Crippen molar-refractivity contribution in [2.75, 3.05) is 30.8 Å². The number of hydrogen-bond donors (Lipinski definition) is 1. The van der Waals surface area contributed by atoms with Crippen LogP contribution < -0.4 is 14.4 Å². The van der Waals surface area contributed by atoms with Crippen molar-refractivity contribution in [1.29, 1.82) is 0 Å².